The summed E-state index contributed by atoms with van der Waals surface area (Å²) in [6.45, 7) is 15.6. The van der Waals surface area contributed by atoms with Crippen LogP contribution in [0, 0.1) is 11.8 Å². The molecule has 1 saturated heterocycles. The van der Waals surface area contributed by atoms with Crippen LogP contribution in [-0.4, -0.2) is 47.5 Å². The van der Waals surface area contributed by atoms with Gasteiger partial charge in [-0.1, -0.05) is 19.0 Å². The summed E-state index contributed by atoms with van der Waals surface area (Å²) in [6.07, 6.45) is 1.38. The zero-order chi connectivity index (χ0) is 24.3. The van der Waals surface area contributed by atoms with Crippen molar-refractivity contribution in [3.63, 3.8) is 0 Å². The van der Waals surface area contributed by atoms with Crippen molar-refractivity contribution in [2.45, 2.75) is 72.6 Å². The van der Waals surface area contributed by atoms with Gasteiger partial charge in [0.15, 0.2) is 0 Å². The van der Waals surface area contributed by atoms with Gasteiger partial charge in [-0.05, 0) is 65.0 Å². The highest BCUT2D eigenvalue weighted by molar-refractivity contribution is 6.11. The minimum absolute atomic E-state index is 0.0761. The molecule has 0 bridgehead atoms. The fourth-order valence-corrected chi connectivity index (χ4v) is 3.74. The van der Waals surface area contributed by atoms with Crippen LogP contribution in [0.4, 0.5) is 21.0 Å². The van der Waals surface area contributed by atoms with Gasteiger partial charge in [0.1, 0.15) is 16.9 Å². The molecule has 1 aliphatic rings. The van der Waals surface area contributed by atoms with Crippen LogP contribution < -0.4 is 9.80 Å². The van der Waals surface area contributed by atoms with Crippen molar-refractivity contribution in [1.29, 1.82) is 0 Å². The third-order valence-electron chi connectivity index (χ3n) is 4.88. The van der Waals surface area contributed by atoms with E-state index in [0.717, 1.165) is 4.90 Å². The van der Waals surface area contributed by atoms with E-state index in [4.69, 9.17) is 15.0 Å². The molecule has 2 heterocycles. The number of hydrogen-bond donors (Lipinski definition) is 0. The lowest BCUT2D eigenvalue weighted by atomic mass is 9.86. The van der Waals surface area contributed by atoms with E-state index in [9.17, 15) is 9.59 Å². The van der Waals surface area contributed by atoms with Gasteiger partial charge in [-0.15, -0.1) is 0 Å². The number of azide groups is 1. The predicted molar refractivity (Wildman–Crippen MR) is 123 cm³/mol. The Balaban J connectivity index is 2.48. The number of piperidine rings is 1. The van der Waals surface area contributed by atoms with Crippen LogP contribution in [0.1, 0.15) is 55.4 Å². The number of anilines is 2. The molecule has 1 aliphatic heterocycles. The maximum atomic E-state index is 13.1. The summed E-state index contributed by atoms with van der Waals surface area (Å²) in [5.41, 5.74) is 8.19. The number of carbonyl (C=O) groups excluding carboxylic acids is 2. The number of hydrogen-bond acceptors (Lipinski definition) is 7. The Morgan fingerprint density at radius 1 is 1.09 bits per heavy atom. The van der Waals surface area contributed by atoms with Gasteiger partial charge < -0.3 is 14.4 Å². The summed E-state index contributed by atoms with van der Waals surface area (Å²) in [5.74, 6) is 0.152. The average molecular weight is 447 g/mol. The molecule has 0 saturated carbocycles. The average Bonchev–Trinajstić information content (AvgIpc) is 2.62. The number of imide groups is 1. The molecule has 3 atom stereocenters. The van der Waals surface area contributed by atoms with Gasteiger partial charge in [-0.3, -0.25) is 4.98 Å². The van der Waals surface area contributed by atoms with E-state index in [1.54, 1.807) is 53.8 Å². The summed E-state index contributed by atoms with van der Waals surface area (Å²) >= 11 is 0. The first kappa shape index (κ1) is 25.3. The van der Waals surface area contributed by atoms with E-state index < -0.39 is 23.4 Å². The molecule has 32 heavy (non-hydrogen) atoms. The lowest BCUT2D eigenvalue weighted by Crippen LogP contribution is -2.48. The zero-order valence-electron chi connectivity index (χ0n) is 20.2. The third kappa shape index (κ3) is 6.50. The number of amides is 2. The highest BCUT2D eigenvalue weighted by Gasteiger charge is 2.37. The lowest BCUT2D eigenvalue weighted by molar-refractivity contribution is 0.0430. The van der Waals surface area contributed by atoms with Gasteiger partial charge in [0.25, 0.3) is 0 Å². The maximum Gasteiger partial charge on any atom is 0.424 e. The number of aromatic nitrogens is 1. The van der Waals surface area contributed by atoms with Crippen molar-refractivity contribution < 1.29 is 19.1 Å². The molecule has 0 spiro atoms. The molecule has 2 rings (SSSR count). The number of pyridine rings is 1. The van der Waals surface area contributed by atoms with Gasteiger partial charge >= 0.3 is 12.2 Å². The fourth-order valence-electron chi connectivity index (χ4n) is 3.74. The highest BCUT2D eigenvalue weighted by atomic mass is 16.6. The van der Waals surface area contributed by atoms with Gasteiger partial charge in [-0.25, -0.2) is 9.59 Å². The van der Waals surface area contributed by atoms with E-state index in [1.165, 1.54) is 6.20 Å². The van der Waals surface area contributed by atoms with Gasteiger partial charge in [0, 0.05) is 30.2 Å². The van der Waals surface area contributed by atoms with Crippen LogP contribution in [0.3, 0.4) is 0 Å². The van der Waals surface area contributed by atoms with Crippen molar-refractivity contribution in [3.05, 3.63) is 28.9 Å². The molecule has 1 aromatic rings. The minimum atomic E-state index is -0.842. The molecule has 0 radical (unpaired) electrons. The van der Waals surface area contributed by atoms with E-state index >= 15 is 0 Å². The number of carbonyl (C=O) groups is 2. The smallest absolute Gasteiger partial charge is 0.424 e. The first-order valence-corrected chi connectivity index (χ1v) is 10.7. The second kappa shape index (κ2) is 9.65. The summed E-state index contributed by atoms with van der Waals surface area (Å²) in [5, 5.41) is 3.95. The minimum Gasteiger partial charge on any atom is -0.443 e. The zero-order valence-corrected chi connectivity index (χ0v) is 20.2. The normalized spacial score (nSPS) is 21.4. The molecule has 1 unspecified atom stereocenters. The topological polar surface area (TPSA) is 121 Å². The number of ether oxygens (including phenoxy) is 2. The van der Waals surface area contributed by atoms with E-state index in [2.05, 4.69) is 19.9 Å². The van der Waals surface area contributed by atoms with Crippen LogP contribution >= 0.6 is 0 Å². The lowest BCUT2D eigenvalue weighted by Gasteiger charge is -2.41. The summed E-state index contributed by atoms with van der Waals surface area (Å²) in [6, 6.07) is 1.62. The quantitative estimate of drug-likeness (QED) is 0.342. The largest absolute Gasteiger partial charge is 0.443 e. The second-order valence-corrected chi connectivity index (χ2v) is 10.2. The van der Waals surface area contributed by atoms with Gasteiger partial charge in [0.2, 0.25) is 0 Å². The molecule has 10 nitrogen and oxygen atoms in total. The molecule has 176 valence electrons. The fraction of sp³-hybridized carbons (Fsp3) is 0.682. The number of nitrogens with zero attached hydrogens (tertiary/aromatic N) is 6. The van der Waals surface area contributed by atoms with Crippen molar-refractivity contribution in [3.8, 4) is 0 Å². The highest BCUT2D eigenvalue weighted by Crippen LogP contribution is 2.35. The SMILES string of the molecule is C[C@@H]1CN(c2ccncc2N(C(=O)OC(C)(C)C)C(=O)OC(C)(C)C)C[C@H](C)C1N=[N+]=[N-]. The first-order chi connectivity index (χ1) is 14.7. The second-order valence-electron chi connectivity index (χ2n) is 10.2. The van der Waals surface area contributed by atoms with E-state index in [1.807, 2.05) is 13.8 Å². The molecule has 1 fully saturated rings. The molecule has 0 N–H and O–H groups in total. The Hall–Kier alpha value is -3.00. The molecular weight excluding hydrogens is 412 g/mol. The van der Waals surface area contributed by atoms with Crippen molar-refractivity contribution in [1.82, 2.24) is 4.98 Å². The predicted octanol–water partition coefficient (Wildman–Crippen LogP) is 5.53. The standard InChI is InChI=1S/C22H34N6O4/c1-14-12-27(13-15(2)18(14)25-26-23)16-9-10-24-11-17(16)28(19(29)31-21(3,4)5)20(30)32-22(6,7)8/h9-11,14-15,18H,12-13H2,1-8H3/t14-,15+,18?. The molecule has 10 heteroatoms. The molecule has 0 aromatic carbocycles. The van der Waals surface area contributed by atoms with Crippen molar-refractivity contribution in [2.75, 3.05) is 22.9 Å². The Labute approximate surface area is 189 Å². The van der Waals surface area contributed by atoms with Crippen LogP contribution in [-0.2, 0) is 9.47 Å². The molecule has 0 aliphatic carbocycles. The summed E-state index contributed by atoms with van der Waals surface area (Å²) in [4.78, 5) is 36.3. The summed E-state index contributed by atoms with van der Waals surface area (Å²) in [7, 11) is 0. The van der Waals surface area contributed by atoms with Gasteiger partial charge in [0.05, 0.1) is 11.9 Å². The molecular formula is C22H34N6O4. The van der Waals surface area contributed by atoms with Crippen LogP contribution in [0.15, 0.2) is 23.6 Å². The third-order valence-corrected chi connectivity index (χ3v) is 4.88. The maximum absolute atomic E-state index is 13.1. The van der Waals surface area contributed by atoms with Crippen LogP contribution in [0.5, 0.6) is 0 Å². The summed E-state index contributed by atoms with van der Waals surface area (Å²) < 4.78 is 11.0. The van der Waals surface area contributed by atoms with E-state index in [-0.39, 0.29) is 23.6 Å². The number of rotatable bonds is 3. The monoisotopic (exact) mass is 446 g/mol. The first-order valence-electron chi connectivity index (χ1n) is 10.7. The van der Waals surface area contributed by atoms with Crippen LogP contribution in [0.25, 0.3) is 10.4 Å². The van der Waals surface area contributed by atoms with E-state index in [0.29, 0.717) is 18.8 Å². The van der Waals surface area contributed by atoms with Crippen molar-refractivity contribution in [2.24, 2.45) is 17.0 Å². The van der Waals surface area contributed by atoms with Crippen LogP contribution in [0.2, 0.25) is 0 Å². The van der Waals surface area contributed by atoms with Gasteiger partial charge in [-0.2, -0.15) is 4.90 Å². The Bertz CT molecular complexity index is 845. The Morgan fingerprint density at radius 3 is 2.03 bits per heavy atom. The van der Waals surface area contributed by atoms with Crippen molar-refractivity contribution >= 4 is 23.6 Å². The molecule has 2 amide bonds. The molecule has 1 aromatic heterocycles. The Morgan fingerprint density at radius 2 is 1.59 bits per heavy atom. The Kier molecular flexibility index (Phi) is 7.62.